The maximum absolute atomic E-state index is 3.44. The van der Waals surface area contributed by atoms with Crippen molar-refractivity contribution in [3.8, 4) is 0 Å². The van der Waals surface area contributed by atoms with Crippen molar-refractivity contribution in [3.63, 3.8) is 0 Å². The van der Waals surface area contributed by atoms with Crippen molar-refractivity contribution in [2.45, 2.75) is 78.8 Å². The molecule has 0 amide bonds. The molecule has 0 aliphatic heterocycles. The predicted octanol–water partition coefficient (Wildman–Crippen LogP) is 3.91. The Morgan fingerprint density at radius 2 is 1.74 bits per heavy atom. The van der Waals surface area contributed by atoms with E-state index in [1.807, 2.05) is 0 Å². The van der Waals surface area contributed by atoms with Crippen LogP contribution in [0.4, 0.5) is 0 Å². The van der Waals surface area contributed by atoms with Crippen LogP contribution in [0.3, 0.4) is 0 Å². The van der Waals surface area contributed by atoms with E-state index in [4.69, 9.17) is 0 Å². The summed E-state index contributed by atoms with van der Waals surface area (Å²) >= 11 is 0. The lowest BCUT2D eigenvalue weighted by Gasteiger charge is -2.40. The Balaban J connectivity index is 2.61. The molecule has 0 saturated heterocycles. The Morgan fingerprint density at radius 1 is 1.16 bits per heavy atom. The van der Waals surface area contributed by atoms with Gasteiger partial charge in [-0.2, -0.15) is 0 Å². The van der Waals surface area contributed by atoms with Gasteiger partial charge in [-0.15, -0.1) is 0 Å². The molecule has 1 aliphatic carbocycles. The molecule has 19 heavy (non-hydrogen) atoms. The minimum Gasteiger partial charge on any atom is -0.317 e. The van der Waals surface area contributed by atoms with Gasteiger partial charge in [0.2, 0.25) is 0 Å². The van der Waals surface area contributed by atoms with E-state index in [9.17, 15) is 0 Å². The van der Waals surface area contributed by atoms with Crippen LogP contribution in [0.1, 0.15) is 66.7 Å². The van der Waals surface area contributed by atoms with Crippen LogP contribution in [0.25, 0.3) is 0 Å². The summed E-state index contributed by atoms with van der Waals surface area (Å²) in [4.78, 5) is 2.79. The third kappa shape index (κ3) is 5.43. The SMILES string of the molecule is CNC(C)C(C)(C)CN(CCC(C)C)C1CCCC1. The second-order valence-electron chi connectivity index (χ2n) is 7.59. The van der Waals surface area contributed by atoms with E-state index in [1.54, 1.807) is 0 Å². The molecule has 114 valence electrons. The molecule has 2 nitrogen and oxygen atoms in total. The number of rotatable bonds is 8. The Kier molecular flexibility index (Phi) is 6.82. The molecule has 0 aromatic rings. The van der Waals surface area contributed by atoms with Crippen LogP contribution in [0.15, 0.2) is 0 Å². The molecule has 1 aliphatic rings. The van der Waals surface area contributed by atoms with Gasteiger partial charge in [-0.25, -0.2) is 0 Å². The summed E-state index contributed by atoms with van der Waals surface area (Å²) in [6.45, 7) is 14.3. The van der Waals surface area contributed by atoms with Gasteiger partial charge >= 0.3 is 0 Å². The summed E-state index contributed by atoms with van der Waals surface area (Å²) in [5, 5.41) is 3.44. The lowest BCUT2D eigenvalue weighted by Crippen LogP contribution is -2.48. The molecule has 0 heterocycles. The van der Waals surface area contributed by atoms with Crippen molar-refractivity contribution in [3.05, 3.63) is 0 Å². The summed E-state index contributed by atoms with van der Waals surface area (Å²) in [6, 6.07) is 1.41. The minimum absolute atomic E-state index is 0.342. The zero-order chi connectivity index (χ0) is 14.5. The molecule has 1 rings (SSSR count). The maximum atomic E-state index is 3.44. The number of hydrogen-bond acceptors (Lipinski definition) is 2. The highest BCUT2D eigenvalue weighted by atomic mass is 15.2. The Morgan fingerprint density at radius 3 is 2.21 bits per heavy atom. The lowest BCUT2D eigenvalue weighted by molar-refractivity contribution is 0.103. The van der Waals surface area contributed by atoms with Gasteiger partial charge in [0.25, 0.3) is 0 Å². The molecule has 0 aromatic carbocycles. The third-order valence-corrected chi connectivity index (χ3v) is 5.05. The molecular weight excluding hydrogens is 232 g/mol. The largest absolute Gasteiger partial charge is 0.317 e. The second kappa shape index (κ2) is 7.64. The van der Waals surface area contributed by atoms with Crippen molar-refractivity contribution in [2.24, 2.45) is 11.3 Å². The van der Waals surface area contributed by atoms with Crippen molar-refractivity contribution >= 4 is 0 Å². The van der Waals surface area contributed by atoms with E-state index in [0.717, 1.165) is 12.0 Å². The van der Waals surface area contributed by atoms with E-state index in [2.05, 4.69) is 51.9 Å². The smallest absolute Gasteiger partial charge is 0.00991 e. The van der Waals surface area contributed by atoms with Crippen LogP contribution in [0.2, 0.25) is 0 Å². The minimum atomic E-state index is 0.342. The van der Waals surface area contributed by atoms with Crippen LogP contribution in [0, 0.1) is 11.3 Å². The van der Waals surface area contributed by atoms with Crippen LogP contribution < -0.4 is 5.32 Å². The normalized spacial score (nSPS) is 19.6. The van der Waals surface area contributed by atoms with E-state index in [1.165, 1.54) is 45.2 Å². The maximum Gasteiger partial charge on any atom is 0.00991 e. The Hall–Kier alpha value is -0.0800. The quantitative estimate of drug-likeness (QED) is 0.718. The first-order chi connectivity index (χ1) is 8.86. The topological polar surface area (TPSA) is 15.3 Å². The average Bonchev–Trinajstić information content (AvgIpc) is 2.86. The molecule has 0 aromatic heterocycles. The van der Waals surface area contributed by atoms with Crippen molar-refractivity contribution in [1.29, 1.82) is 0 Å². The molecule has 1 atom stereocenters. The molecule has 0 spiro atoms. The molecule has 1 saturated carbocycles. The fourth-order valence-electron chi connectivity index (χ4n) is 3.14. The second-order valence-corrected chi connectivity index (χ2v) is 7.59. The molecule has 1 unspecified atom stereocenters. The summed E-state index contributed by atoms with van der Waals surface area (Å²) in [6.07, 6.45) is 7.04. The molecular formula is C17H36N2. The van der Waals surface area contributed by atoms with Gasteiger partial charge in [-0.3, -0.25) is 4.90 Å². The highest BCUT2D eigenvalue weighted by Crippen LogP contribution is 2.29. The highest BCUT2D eigenvalue weighted by molar-refractivity contribution is 4.87. The third-order valence-electron chi connectivity index (χ3n) is 5.05. The summed E-state index contributed by atoms with van der Waals surface area (Å²) in [5.74, 6) is 0.814. The van der Waals surface area contributed by atoms with Gasteiger partial charge in [-0.05, 0) is 51.1 Å². The first-order valence-electron chi connectivity index (χ1n) is 8.28. The van der Waals surface area contributed by atoms with E-state index in [-0.39, 0.29) is 0 Å². The van der Waals surface area contributed by atoms with Gasteiger partial charge in [0.1, 0.15) is 0 Å². The van der Waals surface area contributed by atoms with E-state index in [0.29, 0.717) is 11.5 Å². The Labute approximate surface area is 121 Å². The van der Waals surface area contributed by atoms with Crippen molar-refractivity contribution in [1.82, 2.24) is 10.2 Å². The molecule has 2 heteroatoms. The number of nitrogens with zero attached hydrogens (tertiary/aromatic N) is 1. The summed E-state index contributed by atoms with van der Waals surface area (Å²) < 4.78 is 0. The standard InChI is InChI=1S/C17H36N2/c1-14(2)11-12-19(16-9-7-8-10-16)13-17(4,5)15(3)18-6/h14-16,18H,7-13H2,1-6H3. The zero-order valence-corrected chi connectivity index (χ0v) is 14.1. The van der Waals surface area contributed by atoms with Gasteiger partial charge in [0.05, 0.1) is 0 Å². The van der Waals surface area contributed by atoms with Crippen LogP contribution >= 0.6 is 0 Å². The first-order valence-corrected chi connectivity index (χ1v) is 8.28. The van der Waals surface area contributed by atoms with Crippen LogP contribution in [-0.2, 0) is 0 Å². The summed E-state index contributed by atoms with van der Waals surface area (Å²) in [7, 11) is 2.08. The van der Waals surface area contributed by atoms with Gasteiger partial charge < -0.3 is 5.32 Å². The number of hydrogen-bond donors (Lipinski definition) is 1. The zero-order valence-electron chi connectivity index (χ0n) is 14.1. The van der Waals surface area contributed by atoms with Crippen LogP contribution in [-0.4, -0.2) is 37.1 Å². The highest BCUT2D eigenvalue weighted by Gasteiger charge is 2.31. The average molecular weight is 268 g/mol. The Bertz CT molecular complexity index is 242. The van der Waals surface area contributed by atoms with Crippen molar-refractivity contribution < 1.29 is 0 Å². The van der Waals surface area contributed by atoms with E-state index < -0.39 is 0 Å². The van der Waals surface area contributed by atoms with Gasteiger partial charge in [0, 0.05) is 18.6 Å². The fourth-order valence-corrected chi connectivity index (χ4v) is 3.14. The monoisotopic (exact) mass is 268 g/mol. The van der Waals surface area contributed by atoms with E-state index >= 15 is 0 Å². The van der Waals surface area contributed by atoms with Gasteiger partial charge in [-0.1, -0.05) is 40.5 Å². The predicted molar refractivity (Wildman–Crippen MR) is 85.6 cm³/mol. The fraction of sp³-hybridized carbons (Fsp3) is 1.00. The molecule has 0 bridgehead atoms. The molecule has 1 fully saturated rings. The lowest BCUT2D eigenvalue weighted by atomic mass is 9.84. The van der Waals surface area contributed by atoms with Gasteiger partial charge in [0.15, 0.2) is 0 Å². The first kappa shape index (κ1) is 17.0. The van der Waals surface area contributed by atoms with Crippen molar-refractivity contribution in [2.75, 3.05) is 20.1 Å². The van der Waals surface area contributed by atoms with Crippen LogP contribution in [0.5, 0.6) is 0 Å². The summed E-state index contributed by atoms with van der Waals surface area (Å²) in [5.41, 5.74) is 0.342. The molecule has 1 N–H and O–H groups in total. The molecule has 0 radical (unpaired) electrons. The number of nitrogens with one attached hydrogen (secondary N) is 1.